The van der Waals surface area contributed by atoms with Crippen molar-refractivity contribution in [2.24, 2.45) is 0 Å². The van der Waals surface area contributed by atoms with Crippen molar-refractivity contribution in [3.8, 4) is 0 Å². The first-order valence-electron chi connectivity index (χ1n) is 7.42. The normalized spacial score (nSPS) is 11.8. The van der Waals surface area contributed by atoms with Crippen LogP contribution in [0.1, 0.15) is 34.6 Å². The van der Waals surface area contributed by atoms with Crippen LogP contribution in [0.4, 0.5) is 0 Å². The lowest BCUT2D eigenvalue weighted by atomic mass is 10.1. The first kappa shape index (κ1) is 16.2. The number of fused-ring (bicyclic) bond motifs is 3. The number of Topliss-reactive ketones (excluding diaryl/α,β-unsaturated/α-hetero) is 1. The molecule has 0 aliphatic carbocycles. The highest BCUT2D eigenvalue weighted by molar-refractivity contribution is 7.90. The summed E-state index contributed by atoms with van der Waals surface area (Å²) in [5.41, 5.74) is 2.06. The second-order valence-electron chi connectivity index (χ2n) is 5.45. The molecule has 0 aliphatic rings. The molecule has 0 fully saturated rings. The minimum atomic E-state index is -3.67. The summed E-state index contributed by atoms with van der Waals surface area (Å²) in [6.45, 7) is 2.93. The molecule has 24 heavy (non-hydrogen) atoms. The van der Waals surface area contributed by atoms with E-state index in [0.29, 0.717) is 22.0 Å². The van der Waals surface area contributed by atoms with Crippen molar-refractivity contribution in [2.45, 2.75) is 13.8 Å². The van der Waals surface area contributed by atoms with Crippen molar-refractivity contribution in [1.82, 2.24) is 9.12 Å². The number of ketones is 1. The number of carbonyl (C=O) groups excluding carboxylic acids is 2. The highest BCUT2D eigenvalue weighted by atomic mass is 32.2. The number of benzene rings is 1. The SMILES string of the molecule is CCS(=O)(=O)NC(=O)c1c2ccc(C(C)=O)cc2n2ccccc12. The van der Waals surface area contributed by atoms with Gasteiger partial charge in [0, 0.05) is 17.1 Å². The molecule has 0 saturated carbocycles. The lowest BCUT2D eigenvalue weighted by molar-refractivity contribution is 0.0982. The average Bonchev–Trinajstić information content (AvgIpc) is 2.88. The molecule has 2 aromatic heterocycles. The standard InChI is InChI=1S/C17H16N2O4S/c1-3-24(22,23)18-17(21)16-13-8-7-12(11(2)20)10-15(13)19-9-5-4-6-14(16)19/h4-10H,3H2,1-2H3,(H,18,21). The average molecular weight is 344 g/mol. The van der Waals surface area contributed by atoms with Crippen molar-refractivity contribution < 1.29 is 18.0 Å². The number of nitrogens with zero attached hydrogens (tertiary/aromatic N) is 1. The molecule has 0 unspecified atom stereocenters. The molecule has 1 amide bonds. The summed E-state index contributed by atoms with van der Waals surface area (Å²) in [5, 5.41) is 0.593. The number of hydrogen-bond acceptors (Lipinski definition) is 4. The third kappa shape index (κ3) is 2.67. The van der Waals surface area contributed by atoms with Gasteiger partial charge < -0.3 is 4.40 Å². The third-order valence-electron chi connectivity index (χ3n) is 3.90. The molecule has 7 heteroatoms. The quantitative estimate of drug-likeness (QED) is 0.737. The van der Waals surface area contributed by atoms with E-state index in [1.165, 1.54) is 13.8 Å². The first-order chi connectivity index (χ1) is 11.3. The monoisotopic (exact) mass is 344 g/mol. The fraction of sp³-hybridized carbons (Fsp3) is 0.176. The van der Waals surface area contributed by atoms with E-state index in [0.717, 1.165) is 0 Å². The summed E-state index contributed by atoms with van der Waals surface area (Å²) in [4.78, 5) is 24.2. The number of rotatable bonds is 4. The molecule has 0 aliphatic heterocycles. The molecule has 124 valence electrons. The van der Waals surface area contributed by atoms with Crippen LogP contribution in [0, 0.1) is 0 Å². The van der Waals surface area contributed by atoms with E-state index in [1.807, 2.05) is 0 Å². The minimum Gasteiger partial charge on any atom is -0.316 e. The summed E-state index contributed by atoms with van der Waals surface area (Å²) >= 11 is 0. The molecule has 3 aromatic rings. The van der Waals surface area contributed by atoms with Gasteiger partial charge >= 0.3 is 0 Å². The molecule has 0 saturated heterocycles. The molecule has 2 heterocycles. The zero-order chi connectivity index (χ0) is 17.5. The highest BCUT2D eigenvalue weighted by Gasteiger charge is 2.22. The van der Waals surface area contributed by atoms with E-state index >= 15 is 0 Å². The molecular weight excluding hydrogens is 328 g/mol. The second-order valence-corrected chi connectivity index (χ2v) is 7.46. The van der Waals surface area contributed by atoms with Crippen LogP contribution in [0.15, 0.2) is 42.6 Å². The minimum absolute atomic E-state index is 0.0812. The van der Waals surface area contributed by atoms with Crippen LogP contribution < -0.4 is 4.72 Å². The van der Waals surface area contributed by atoms with E-state index in [1.54, 1.807) is 47.0 Å². The van der Waals surface area contributed by atoms with Crippen LogP contribution in [0.5, 0.6) is 0 Å². The van der Waals surface area contributed by atoms with Gasteiger partial charge in [-0.3, -0.25) is 9.59 Å². The molecule has 1 aromatic carbocycles. The summed E-state index contributed by atoms with van der Waals surface area (Å²) in [7, 11) is -3.67. The maximum Gasteiger partial charge on any atom is 0.267 e. The van der Waals surface area contributed by atoms with Crippen LogP contribution in [0.2, 0.25) is 0 Å². The van der Waals surface area contributed by atoms with Gasteiger partial charge in [0.1, 0.15) is 0 Å². The Kier molecular flexibility index (Phi) is 3.88. The number of sulfonamides is 1. The number of pyridine rings is 1. The third-order valence-corrected chi connectivity index (χ3v) is 5.16. The van der Waals surface area contributed by atoms with Gasteiger partial charge in [0.15, 0.2) is 5.78 Å². The lowest BCUT2D eigenvalue weighted by Gasteiger charge is -2.04. The second kappa shape index (κ2) is 5.76. The van der Waals surface area contributed by atoms with E-state index in [-0.39, 0.29) is 17.1 Å². The van der Waals surface area contributed by atoms with Crippen LogP contribution >= 0.6 is 0 Å². The number of nitrogens with one attached hydrogen (secondary N) is 1. The van der Waals surface area contributed by atoms with Gasteiger partial charge in [-0.05, 0) is 32.0 Å². The Morgan fingerprint density at radius 3 is 2.54 bits per heavy atom. The van der Waals surface area contributed by atoms with Crippen molar-refractivity contribution in [3.63, 3.8) is 0 Å². The topological polar surface area (TPSA) is 84.7 Å². The first-order valence-corrected chi connectivity index (χ1v) is 9.08. The van der Waals surface area contributed by atoms with Crippen LogP contribution in [-0.2, 0) is 10.0 Å². The van der Waals surface area contributed by atoms with Gasteiger partial charge in [-0.15, -0.1) is 0 Å². The van der Waals surface area contributed by atoms with Crippen molar-refractivity contribution in [1.29, 1.82) is 0 Å². The molecule has 6 nitrogen and oxygen atoms in total. The van der Waals surface area contributed by atoms with Crippen LogP contribution in [0.25, 0.3) is 16.4 Å². The van der Waals surface area contributed by atoms with E-state index < -0.39 is 15.9 Å². The van der Waals surface area contributed by atoms with E-state index in [9.17, 15) is 18.0 Å². The number of amides is 1. The lowest BCUT2D eigenvalue weighted by Crippen LogP contribution is -2.31. The largest absolute Gasteiger partial charge is 0.316 e. The number of hydrogen-bond donors (Lipinski definition) is 1. The Labute approximate surface area is 139 Å². The van der Waals surface area contributed by atoms with E-state index in [4.69, 9.17) is 0 Å². The Balaban J connectivity index is 2.30. The fourth-order valence-corrected chi connectivity index (χ4v) is 3.19. The smallest absolute Gasteiger partial charge is 0.267 e. The van der Waals surface area contributed by atoms with Gasteiger partial charge in [0.25, 0.3) is 5.91 Å². The predicted molar refractivity (Wildman–Crippen MR) is 91.8 cm³/mol. The number of aromatic nitrogens is 1. The van der Waals surface area contributed by atoms with Gasteiger partial charge in [0.2, 0.25) is 10.0 Å². The fourth-order valence-electron chi connectivity index (χ4n) is 2.66. The highest BCUT2D eigenvalue weighted by Crippen LogP contribution is 2.28. The summed E-state index contributed by atoms with van der Waals surface area (Å²) < 4.78 is 27.3. The maximum absolute atomic E-state index is 12.6. The van der Waals surface area contributed by atoms with Crippen molar-refractivity contribution >= 4 is 38.1 Å². The summed E-state index contributed by atoms with van der Waals surface area (Å²) in [5.74, 6) is -0.940. The molecule has 0 spiro atoms. The summed E-state index contributed by atoms with van der Waals surface area (Å²) in [6.07, 6.45) is 1.77. The van der Waals surface area contributed by atoms with Crippen molar-refractivity contribution in [3.05, 3.63) is 53.7 Å². The van der Waals surface area contributed by atoms with E-state index in [2.05, 4.69) is 4.72 Å². The molecule has 1 N–H and O–H groups in total. The Hall–Kier alpha value is -2.67. The van der Waals surface area contributed by atoms with Gasteiger partial charge in [0.05, 0.1) is 22.3 Å². The van der Waals surface area contributed by atoms with Crippen molar-refractivity contribution in [2.75, 3.05) is 5.75 Å². The van der Waals surface area contributed by atoms with Gasteiger partial charge in [-0.2, -0.15) is 0 Å². The molecular formula is C17H16N2O4S. The zero-order valence-electron chi connectivity index (χ0n) is 13.2. The zero-order valence-corrected chi connectivity index (χ0v) is 14.1. The van der Waals surface area contributed by atoms with Crippen LogP contribution in [-0.4, -0.2) is 30.3 Å². The van der Waals surface area contributed by atoms with Crippen LogP contribution in [0.3, 0.4) is 0 Å². The predicted octanol–water partition coefficient (Wildman–Crippen LogP) is 2.37. The maximum atomic E-state index is 12.6. The Morgan fingerprint density at radius 2 is 1.88 bits per heavy atom. The molecule has 3 rings (SSSR count). The van der Waals surface area contributed by atoms with Gasteiger partial charge in [-0.1, -0.05) is 18.2 Å². The Morgan fingerprint density at radius 1 is 1.12 bits per heavy atom. The van der Waals surface area contributed by atoms with Gasteiger partial charge in [-0.25, -0.2) is 13.1 Å². The molecule has 0 atom stereocenters. The number of carbonyl (C=O) groups is 2. The Bertz CT molecular complexity index is 1080. The molecule has 0 radical (unpaired) electrons. The summed E-state index contributed by atoms with van der Waals surface area (Å²) in [6, 6.07) is 10.3. The molecule has 0 bridgehead atoms.